The molecule has 1 unspecified atom stereocenters. The van der Waals surface area contributed by atoms with Crippen molar-refractivity contribution in [1.82, 2.24) is 5.32 Å². The third kappa shape index (κ3) is 3.46. The second-order valence-corrected chi connectivity index (χ2v) is 5.45. The lowest BCUT2D eigenvalue weighted by Crippen LogP contribution is -2.53. The Labute approximate surface area is 141 Å². The van der Waals surface area contributed by atoms with Gasteiger partial charge in [0.05, 0.1) is 0 Å². The number of amides is 1. The van der Waals surface area contributed by atoms with Crippen LogP contribution in [0.2, 0.25) is 0 Å². The zero-order chi connectivity index (χ0) is 17.6. The van der Waals surface area contributed by atoms with Gasteiger partial charge in [-0.2, -0.15) is 0 Å². The summed E-state index contributed by atoms with van der Waals surface area (Å²) in [5.41, 5.74) is -0.304. The van der Waals surface area contributed by atoms with Crippen molar-refractivity contribution in [2.45, 2.75) is 25.0 Å². The fourth-order valence-corrected chi connectivity index (χ4v) is 2.71. The zero-order valence-corrected chi connectivity index (χ0v) is 13.7. The normalized spacial score (nSPS) is 14.4. The molecule has 0 radical (unpaired) electrons. The van der Waals surface area contributed by atoms with Gasteiger partial charge in [-0.25, -0.2) is 4.79 Å². The highest BCUT2D eigenvalue weighted by atomic mass is 16.5. The Bertz CT molecular complexity index is 687. The van der Waals surface area contributed by atoms with Crippen LogP contribution in [-0.4, -0.2) is 24.1 Å². The first-order valence-electron chi connectivity index (χ1n) is 7.74. The molecule has 0 heterocycles. The van der Waals surface area contributed by atoms with Gasteiger partial charge in [-0.05, 0) is 17.5 Å². The average molecular weight is 327 g/mol. The van der Waals surface area contributed by atoms with Crippen LogP contribution in [0.5, 0.6) is 0 Å². The van der Waals surface area contributed by atoms with E-state index in [-0.39, 0.29) is 6.42 Å². The molecule has 0 saturated heterocycles. The number of carboxylic acid groups (broad SMARTS) is 1. The molecule has 2 atom stereocenters. The van der Waals surface area contributed by atoms with Crippen molar-refractivity contribution in [3.63, 3.8) is 0 Å². The SMILES string of the molecule is CCC(NC(=O)[C@H](OC)c1ccccc1)(C(=O)O)c1ccccc1. The van der Waals surface area contributed by atoms with Crippen LogP contribution in [0.15, 0.2) is 60.7 Å². The molecule has 0 aliphatic heterocycles. The summed E-state index contributed by atoms with van der Waals surface area (Å²) < 4.78 is 5.30. The summed E-state index contributed by atoms with van der Waals surface area (Å²) in [5.74, 6) is -1.59. The first-order valence-corrected chi connectivity index (χ1v) is 7.74. The van der Waals surface area contributed by atoms with E-state index in [1.165, 1.54) is 7.11 Å². The standard InChI is InChI=1S/C19H21NO4/c1-3-19(18(22)23,15-12-8-5-9-13-15)20-17(21)16(24-2)14-10-6-4-7-11-14/h4-13,16H,3H2,1-2H3,(H,20,21)(H,22,23)/t16-,19?/m1/s1. The van der Waals surface area contributed by atoms with Crippen molar-refractivity contribution in [3.8, 4) is 0 Å². The Morgan fingerprint density at radius 3 is 2.08 bits per heavy atom. The summed E-state index contributed by atoms with van der Waals surface area (Å²) in [6.07, 6.45) is -0.663. The summed E-state index contributed by atoms with van der Waals surface area (Å²) in [4.78, 5) is 24.7. The molecule has 0 aromatic heterocycles. The first-order chi connectivity index (χ1) is 11.5. The smallest absolute Gasteiger partial charge is 0.334 e. The summed E-state index contributed by atoms with van der Waals surface area (Å²) in [6.45, 7) is 1.73. The van der Waals surface area contributed by atoms with Gasteiger partial charge in [0.1, 0.15) is 0 Å². The number of nitrogens with one attached hydrogen (secondary N) is 1. The Hall–Kier alpha value is -2.66. The van der Waals surface area contributed by atoms with Gasteiger partial charge in [0.2, 0.25) is 0 Å². The van der Waals surface area contributed by atoms with Gasteiger partial charge in [-0.1, -0.05) is 67.6 Å². The van der Waals surface area contributed by atoms with Gasteiger partial charge in [0.25, 0.3) is 5.91 Å². The van der Waals surface area contributed by atoms with Gasteiger partial charge in [-0.15, -0.1) is 0 Å². The molecule has 0 bridgehead atoms. The highest BCUT2D eigenvalue weighted by Gasteiger charge is 2.41. The molecule has 2 aromatic carbocycles. The number of carboxylic acids is 1. The molecule has 5 heteroatoms. The lowest BCUT2D eigenvalue weighted by molar-refractivity contribution is -0.150. The highest BCUT2D eigenvalue weighted by Crippen LogP contribution is 2.27. The van der Waals surface area contributed by atoms with E-state index in [1.807, 2.05) is 6.07 Å². The fraction of sp³-hybridized carbons (Fsp3) is 0.263. The lowest BCUT2D eigenvalue weighted by Gasteiger charge is -2.31. The minimum Gasteiger partial charge on any atom is -0.479 e. The number of aliphatic carboxylic acids is 1. The van der Waals surface area contributed by atoms with Crippen LogP contribution in [0.25, 0.3) is 0 Å². The van der Waals surface area contributed by atoms with Crippen molar-refractivity contribution in [2.75, 3.05) is 7.11 Å². The van der Waals surface area contributed by atoms with Gasteiger partial charge >= 0.3 is 5.97 Å². The highest BCUT2D eigenvalue weighted by molar-refractivity contribution is 5.90. The van der Waals surface area contributed by atoms with Gasteiger partial charge in [0.15, 0.2) is 11.6 Å². The number of carbonyl (C=O) groups excluding carboxylic acids is 1. The van der Waals surface area contributed by atoms with E-state index in [0.29, 0.717) is 11.1 Å². The van der Waals surface area contributed by atoms with Crippen LogP contribution < -0.4 is 5.32 Å². The van der Waals surface area contributed by atoms with Crippen LogP contribution in [0.3, 0.4) is 0 Å². The molecule has 0 aliphatic rings. The zero-order valence-electron chi connectivity index (χ0n) is 13.7. The lowest BCUT2D eigenvalue weighted by atomic mass is 9.86. The van der Waals surface area contributed by atoms with Crippen LogP contribution in [-0.2, 0) is 19.9 Å². The summed E-state index contributed by atoms with van der Waals surface area (Å²) in [7, 11) is 1.42. The van der Waals surface area contributed by atoms with E-state index >= 15 is 0 Å². The van der Waals surface area contributed by atoms with Crippen molar-refractivity contribution in [3.05, 3.63) is 71.8 Å². The average Bonchev–Trinajstić information content (AvgIpc) is 2.61. The van der Waals surface area contributed by atoms with Gasteiger partial charge < -0.3 is 15.2 Å². The molecule has 1 amide bonds. The summed E-state index contributed by atoms with van der Waals surface area (Å²) in [6, 6.07) is 17.7. The number of hydrogen-bond donors (Lipinski definition) is 2. The van der Waals surface area contributed by atoms with Crippen molar-refractivity contribution < 1.29 is 19.4 Å². The molecular formula is C19H21NO4. The molecule has 0 fully saturated rings. The van der Waals surface area contributed by atoms with Crippen molar-refractivity contribution in [1.29, 1.82) is 0 Å². The molecule has 2 aromatic rings. The van der Waals surface area contributed by atoms with E-state index in [1.54, 1.807) is 61.5 Å². The maximum absolute atomic E-state index is 12.7. The molecule has 2 N–H and O–H groups in total. The van der Waals surface area contributed by atoms with E-state index in [9.17, 15) is 14.7 Å². The maximum Gasteiger partial charge on any atom is 0.334 e. The second kappa shape index (κ2) is 7.75. The number of benzene rings is 2. The number of carbonyl (C=O) groups is 2. The van der Waals surface area contributed by atoms with Gasteiger partial charge in [0, 0.05) is 7.11 Å². The fourth-order valence-electron chi connectivity index (χ4n) is 2.71. The van der Waals surface area contributed by atoms with E-state index in [0.717, 1.165) is 0 Å². The van der Waals surface area contributed by atoms with Crippen LogP contribution in [0.1, 0.15) is 30.6 Å². The molecule has 2 rings (SSSR count). The largest absolute Gasteiger partial charge is 0.479 e. The Morgan fingerprint density at radius 1 is 1.08 bits per heavy atom. The minimum atomic E-state index is -1.50. The third-order valence-electron chi connectivity index (χ3n) is 4.07. The Balaban J connectivity index is 2.36. The summed E-state index contributed by atoms with van der Waals surface area (Å²) in [5, 5.41) is 12.5. The maximum atomic E-state index is 12.7. The monoisotopic (exact) mass is 327 g/mol. The molecule has 0 spiro atoms. The molecule has 5 nitrogen and oxygen atoms in total. The number of rotatable bonds is 7. The van der Waals surface area contributed by atoms with E-state index < -0.39 is 23.5 Å². The molecular weight excluding hydrogens is 306 g/mol. The minimum absolute atomic E-state index is 0.212. The van der Waals surface area contributed by atoms with Gasteiger partial charge in [-0.3, -0.25) is 4.79 Å². The number of ether oxygens (including phenoxy) is 1. The summed E-state index contributed by atoms with van der Waals surface area (Å²) >= 11 is 0. The Morgan fingerprint density at radius 2 is 1.62 bits per heavy atom. The van der Waals surface area contributed by atoms with Crippen molar-refractivity contribution in [2.24, 2.45) is 0 Å². The molecule has 0 saturated carbocycles. The van der Waals surface area contributed by atoms with E-state index in [4.69, 9.17) is 4.74 Å². The topological polar surface area (TPSA) is 75.6 Å². The van der Waals surface area contributed by atoms with Crippen molar-refractivity contribution >= 4 is 11.9 Å². The van der Waals surface area contributed by atoms with Crippen LogP contribution in [0.4, 0.5) is 0 Å². The predicted molar refractivity (Wildman–Crippen MR) is 90.4 cm³/mol. The van der Waals surface area contributed by atoms with Crippen LogP contribution >= 0.6 is 0 Å². The first kappa shape index (κ1) is 17.7. The second-order valence-electron chi connectivity index (χ2n) is 5.45. The number of hydrogen-bond acceptors (Lipinski definition) is 3. The Kier molecular flexibility index (Phi) is 5.71. The van der Waals surface area contributed by atoms with E-state index in [2.05, 4.69) is 5.32 Å². The molecule has 0 aliphatic carbocycles. The number of methoxy groups -OCH3 is 1. The quantitative estimate of drug-likeness (QED) is 0.820. The predicted octanol–water partition coefficient (Wildman–Crippen LogP) is 2.88. The third-order valence-corrected chi connectivity index (χ3v) is 4.07. The molecule has 126 valence electrons. The van der Waals surface area contributed by atoms with Crippen LogP contribution in [0, 0.1) is 0 Å². The molecule has 24 heavy (non-hydrogen) atoms.